The molecule has 1 aliphatic heterocycles. The molecule has 1 aliphatic rings. The van der Waals surface area contributed by atoms with Crippen molar-refractivity contribution in [1.29, 1.82) is 5.26 Å². The number of carbonyl (C=O) groups is 1. The molecule has 1 aromatic rings. The molecular formula is C18H24N4O3. The predicted octanol–water partition coefficient (Wildman–Crippen LogP) is 2.22. The highest BCUT2D eigenvalue weighted by atomic mass is 16.6. The molecule has 1 aromatic carbocycles. The molecule has 2 rings (SSSR count). The molecule has 1 unspecified atom stereocenters. The third kappa shape index (κ3) is 5.00. The van der Waals surface area contributed by atoms with Crippen LogP contribution in [0.5, 0.6) is 0 Å². The zero-order valence-corrected chi connectivity index (χ0v) is 14.7. The minimum absolute atomic E-state index is 0.0507. The molecule has 0 bridgehead atoms. The second-order valence-corrected chi connectivity index (χ2v) is 6.66. The summed E-state index contributed by atoms with van der Waals surface area (Å²) in [6.07, 6.45) is 0.834. The van der Waals surface area contributed by atoms with Crippen LogP contribution in [0.25, 0.3) is 0 Å². The smallest absolute Gasteiger partial charge is 0.269 e. The first kappa shape index (κ1) is 18.9. The third-order valence-electron chi connectivity index (χ3n) is 4.57. The van der Waals surface area contributed by atoms with Crippen LogP contribution in [0.2, 0.25) is 0 Å². The van der Waals surface area contributed by atoms with Gasteiger partial charge >= 0.3 is 0 Å². The molecule has 134 valence electrons. The summed E-state index contributed by atoms with van der Waals surface area (Å²) >= 11 is 0. The number of nitrogens with zero attached hydrogens (tertiary/aromatic N) is 4. The van der Waals surface area contributed by atoms with E-state index in [0.29, 0.717) is 39.0 Å². The van der Waals surface area contributed by atoms with E-state index in [1.54, 1.807) is 12.1 Å². The SMILES string of the molecule is CC(C)C(C#N)N1CCN(C(=O)CCc2cccc([N+](=O)[O-])c2)CC1. The number of rotatable bonds is 6. The average molecular weight is 344 g/mol. The lowest BCUT2D eigenvalue weighted by molar-refractivity contribution is -0.384. The first-order valence-electron chi connectivity index (χ1n) is 8.57. The van der Waals surface area contributed by atoms with Crippen LogP contribution < -0.4 is 0 Å². The summed E-state index contributed by atoms with van der Waals surface area (Å²) in [7, 11) is 0. The Morgan fingerprint density at radius 2 is 2.00 bits per heavy atom. The fraction of sp³-hybridized carbons (Fsp3) is 0.556. The lowest BCUT2D eigenvalue weighted by Gasteiger charge is -2.38. The summed E-state index contributed by atoms with van der Waals surface area (Å²) in [6.45, 7) is 6.73. The molecule has 0 aromatic heterocycles. The fourth-order valence-electron chi connectivity index (χ4n) is 3.14. The van der Waals surface area contributed by atoms with Gasteiger partial charge in [-0.05, 0) is 17.9 Å². The van der Waals surface area contributed by atoms with Crippen LogP contribution in [0.4, 0.5) is 5.69 Å². The van der Waals surface area contributed by atoms with Crippen LogP contribution in [-0.4, -0.2) is 52.9 Å². The van der Waals surface area contributed by atoms with Gasteiger partial charge in [0.05, 0.1) is 11.0 Å². The number of nitro groups is 1. The molecule has 0 radical (unpaired) electrons. The topological polar surface area (TPSA) is 90.5 Å². The summed E-state index contributed by atoms with van der Waals surface area (Å²) in [6, 6.07) is 8.65. The monoisotopic (exact) mass is 344 g/mol. The van der Waals surface area contributed by atoms with Gasteiger partial charge < -0.3 is 4.90 Å². The number of hydrogen-bond donors (Lipinski definition) is 0. The van der Waals surface area contributed by atoms with Gasteiger partial charge in [0.15, 0.2) is 0 Å². The summed E-state index contributed by atoms with van der Waals surface area (Å²) < 4.78 is 0. The zero-order chi connectivity index (χ0) is 18.4. The number of nitriles is 1. The van der Waals surface area contributed by atoms with Crippen molar-refractivity contribution in [3.05, 3.63) is 39.9 Å². The maximum atomic E-state index is 12.4. The summed E-state index contributed by atoms with van der Waals surface area (Å²) in [5.41, 5.74) is 0.848. The van der Waals surface area contributed by atoms with Crippen molar-refractivity contribution in [2.75, 3.05) is 26.2 Å². The Labute approximate surface area is 148 Å². The van der Waals surface area contributed by atoms with Gasteiger partial charge in [-0.3, -0.25) is 19.8 Å². The van der Waals surface area contributed by atoms with Crippen LogP contribution in [-0.2, 0) is 11.2 Å². The number of amides is 1. The van der Waals surface area contributed by atoms with E-state index < -0.39 is 4.92 Å². The molecule has 7 heteroatoms. The van der Waals surface area contributed by atoms with E-state index in [4.69, 9.17) is 0 Å². The summed E-state index contributed by atoms with van der Waals surface area (Å²) in [4.78, 5) is 26.7. The number of piperazine rings is 1. The van der Waals surface area contributed by atoms with Crippen LogP contribution in [0.3, 0.4) is 0 Å². The van der Waals surface area contributed by atoms with Crippen molar-refractivity contribution in [2.45, 2.75) is 32.7 Å². The maximum Gasteiger partial charge on any atom is 0.269 e. The number of non-ortho nitro benzene ring substituents is 1. The van der Waals surface area contributed by atoms with Gasteiger partial charge in [0.1, 0.15) is 6.04 Å². The minimum atomic E-state index is -0.426. The van der Waals surface area contributed by atoms with Crippen LogP contribution >= 0.6 is 0 Å². The highest BCUT2D eigenvalue weighted by Crippen LogP contribution is 2.16. The standard InChI is InChI=1S/C18H24N4O3/c1-14(2)17(13-19)20-8-10-21(11-9-20)18(23)7-6-15-4-3-5-16(12-15)22(24)25/h3-5,12,14,17H,6-11H2,1-2H3. The Morgan fingerprint density at radius 1 is 1.32 bits per heavy atom. The Morgan fingerprint density at radius 3 is 2.56 bits per heavy atom. The Kier molecular flexibility index (Phi) is 6.48. The van der Waals surface area contributed by atoms with Gasteiger partial charge in [-0.2, -0.15) is 5.26 Å². The van der Waals surface area contributed by atoms with E-state index >= 15 is 0 Å². The van der Waals surface area contributed by atoms with E-state index in [1.807, 2.05) is 18.7 Å². The third-order valence-corrected chi connectivity index (χ3v) is 4.57. The Hall–Kier alpha value is -2.46. The molecule has 0 N–H and O–H groups in total. The molecule has 1 amide bonds. The van der Waals surface area contributed by atoms with Crippen molar-refractivity contribution in [3.63, 3.8) is 0 Å². The Bertz CT molecular complexity index is 661. The van der Waals surface area contributed by atoms with E-state index in [9.17, 15) is 20.2 Å². The minimum Gasteiger partial charge on any atom is -0.340 e. The predicted molar refractivity (Wildman–Crippen MR) is 93.8 cm³/mol. The van der Waals surface area contributed by atoms with Crippen LogP contribution in [0.1, 0.15) is 25.8 Å². The van der Waals surface area contributed by atoms with E-state index in [1.165, 1.54) is 12.1 Å². The molecule has 1 saturated heterocycles. The first-order valence-corrected chi connectivity index (χ1v) is 8.57. The highest BCUT2D eigenvalue weighted by molar-refractivity contribution is 5.76. The van der Waals surface area contributed by atoms with Crippen molar-refractivity contribution >= 4 is 11.6 Å². The van der Waals surface area contributed by atoms with Crippen LogP contribution in [0.15, 0.2) is 24.3 Å². The molecule has 7 nitrogen and oxygen atoms in total. The van der Waals surface area contributed by atoms with Gasteiger partial charge in [-0.15, -0.1) is 0 Å². The second kappa shape index (κ2) is 8.58. The lowest BCUT2D eigenvalue weighted by Crippen LogP contribution is -2.52. The Balaban J connectivity index is 1.84. The molecule has 0 spiro atoms. The molecule has 0 aliphatic carbocycles. The van der Waals surface area contributed by atoms with E-state index in [0.717, 1.165) is 5.56 Å². The number of aryl methyl sites for hydroxylation is 1. The first-order chi connectivity index (χ1) is 11.9. The number of hydrogen-bond acceptors (Lipinski definition) is 5. The molecular weight excluding hydrogens is 320 g/mol. The summed E-state index contributed by atoms with van der Waals surface area (Å²) in [5.74, 6) is 0.324. The molecule has 25 heavy (non-hydrogen) atoms. The quantitative estimate of drug-likeness (QED) is 0.583. The molecule has 1 fully saturated rings. The van der Waals surface area contributed by atoms with Crippen molar-refractivity contribution in [1.82, 2.24) is 9.80 Å². The average Bonchev–Trinajstić information content (AvgIpc) is 2.61. The number of nitro benzene ring substituents is 1. The molecule has 1 atom stereocenters. The van der Waals surface area contributed by atoms with Gasteiger partial charge in [0.25, 0.3) is 5.69 Å². The maximum absolute atomic E-state index is 12.4. The molecule has 1 heterocycles. The van der Waals surface area contributed by atoms with Crippen molar-refractivity contribution in [3.8, 4) is 6.07 Å². The van der Waals surface area contributed by atoms with E-state index in [2.05, 4.69) is 11.0 Å². The highest BCUT2D eigenvalue weighted by Gasteiger charge is 2.27. The summed E-state index contributed by atoms with van der Waals surface area (Å²) in [5, 5.41) is 20.1. The largest absolute Gasteiger partial charge is 0.340 e. The normalized spacial score (nSPS) is 16.5. The lowest BCUT2D eigenvalue weighted by atomic mass is 10.0. The number of carbonyl (C=O) groups excluding carboxylic acids is 1. The van der Waals surface area contributed by atoms with E-state index in [-0.39, 0.29) is 23.6 Å². The van der Waals surface area contributed by atoms with Gasteiger partial charge in [-0.1, -0.05) is 26.0 Å². The van der Waals surface area contributed by atoms with Gasteiger partial charge in [0, 0.05) is 44.7 Å². The number of benzene rings is 1. The van der Waals surface area contributed by atoms with Crippen molar-refractivity contribution < 1.29 is 9.72 Å². The van der Waals surface area contributed by atoms with Crippen molar-refractivity contribution in [2.24, 2.45) is 5.92 Å². The van der Waals surface area contributed by atoms with Gasteiger partial charge in [0.2, 0.25) is 5.91 Å². The molecule has 0 saturated carbocycles. The van der Waals surface area contributed by atoms with Gasteiger partial charge in [-0.25, -0.2) is 0 Å². The fourth-order valence-corrected chi connectivity index (χ4v) is 3.14. The zero-order valence-electron chi connectivity index (χ0n) is 14.7. The van der Waals surface area contributed by atoms with Crippen LogP contribution in [0, 0.1) is 27.4 Å². The second-order valence-electron chi connectivity index (χ2n) is 6.66.